The van der Waals surface area contributed by atoms with Crippen molar-refractivity contribution in [3.63, 3.8) is 0 Å². The number of nitrogens with one attached hydrogen (secondary N) is 1. The van der Waals surface area contributed by atoms with Gasteiger partial charge in [-0.3, -0.25) is 4.79 Å². The van der Waals surface area contributed by atoms with E-state index in [1.807, 2.05) is 17.8 Å². The number of rotatable bonds is 3. The smallest absolute Gasteiger partial charge is 0.227 e. The molecule has 0 spiro atoms. The largest absolute Gasteiger partial charge is 0.336 e. The van der Waals surface area contributed by atoms with E-state index in [1.54, 1.807) is 11.1 Å². The van der Waals surface area contributed by atoms with Crippen LogP contribution in [0.1, 0.15) is 17.4 Å². The Labute approximate surface area is 145 Å². The number of nitrogens with zero attached hydrogens (tertiary/aromatic N) is 3. The Morgan fingerprint density at radius 2 is 2.08 bits per heavy atom. The molecule has 1 amide bonds. The van der Waals surface area contributed by atoms with E-state index in [-0.39, 0.29) is 36.3 Å². The van der Waals surface area contributed by atoms with E-state index in [1.165, 1.54) is 18.2 Å². The lowest BCUT2D eigenvalue weighted by Gasteiger charge is -2.36. The molecule has 24 heavy (non-hydrogen) atoms. The van der Waals surface area contributed by atoms with Gasteiger partial charge in [0, 0.05) is 44.6 Å². The summed E-state index contributed by atoms with van der Waals surface area (Å²) in [5.74, 6) is -0.938. The van der Waals surface area contributed by atoms with E-state index in [0.717, 1.165) is 5.82 Å². The van der Waals surface area contributed by atoms with Crippen LogP contribution in [0.4, 0.5) is 8.78 Å². The number of aryl methyl sites for hydroxylation is 1. The predicted molar refractivity (Wildman–Crippen MR) is 87.8 cm³/mol. The maximum absolute atomic E-state index is 13.8. The SMILES string of the molecule is Cl.Cn1ccnc1C1CNCCN1C(=O)Cc1c(F)cccc1F. The molecule has 2 aromatic rings. The van der Waals surface area contributed by atoms with E-state index in [0.29, 0.717) is 19.6 Å². The maximum Gasteiger partial charge on any atom is 0.227 e. The van der Waals surface area contributed by atoms with Crippen LogP contribution in [-0.2, 0) is 18.3 Å². The van der Waals surface area contributed by atoms with Crippen LogP contribution in [0.15, 0.2) is 30.6 Å². The number of piperazine rings is 1. The summed E-state index contributed by atoms with van der Waals surface area (Å²) in [4.78, 5) is 18.6. The van der Waals surface area contributed by atoms with Gasteiger partial charge < -0.3 is 14.8 Å². The van der Waals surface area contributed by atoms with Crippen LogP contribution in [0.2, 0.25) is 0 Å². The molecule has 0 saturated carbocycles. The highest BCUT2D eigenvalue weighted by Gasteiger charge is 2.31. The lowest BCUT2D eigenvalue weighted by Crippen LogP contribution is -2.50. The van der Waals surface area contributed by atoms with E-state index < -0.39 is 11.6 Å². The fraction of sp³-hybridized carbons (Fsp3) is 0.375. The number of amides is 1. The molecule has 2 heterocycles. The first-order valence-electron chi connectivity index (χ1n) is 7.48. The quantitative estimate of drug-likeness (QED) is 0.913. The predicted octanol–water partition coefficient (Wildman–Crippen LogP) is 1.84. The molecule has 0 aliphatic carbocycles. The van der Waals surface area contributed by atoms with Gasteiger partial charge in [-0.2, -0.15) is 0 Å². The van der Waals surface area contributed by atoms with Crippen LogP contribution in [0, 0.1) is 11.6 Å². The van der Waals surface area contributed by atoms with Gasteiger partial charge in [0.1, 0.15) is 23.5 Å². The van der Waals surface area contributed by atoms with Crippen molar-refractivity contribution in [1.82, 2.24) is 19.8 Å². The minimum atomic E-state index is -0.693. The molecule has 1 aliphatic rings. The monoisotopic (exact) mass is 356 g/mol. The molecule has 0 bridgehead atoms. The van der Waals surface area contributed by atoms with Crippen molar-refractivity contribution in [3.8, 4) is 0 Å². The Kier molecular flexibility index (Phi) is 5.90. The summed E-state index contributed by atoms with van der Waals surface area (Å²) in [5, 5.41) is 3.23. The number of carbonyl (C=O) groups excluding carboxylic acids is 1. The summed E-state index contributed by atoms with van der Waals surface area (Å²) in [5.41, 5.74) is -0.186. The van der Waals surface area contributed by atoms with Crippen molar-refractivity contribution < 1.29 is 13.6 Å². The van der Waals surface area contributed by atoms with Gasteiger partial charge in [-0.25, -0.2) is 13.8 Å². The van der Waals surface area contributed by atoms with Crippen LogP contribution in [0.3, 0.4) is 0 Å². The van der Waals surface area contributed by atoms with Gasteiger partial charge in [-0.15, -0.1) is 12.4 Å². The molecule has 1 atom stereocenters. The Balaban J connectivity index is 0.00000208. The Hall–Kier alpha value is -1.99. The molecule has 3 rings (SSSR count). The Bertz CT molecular complexity index is 702. The van der Waals surface area contributed by atoms with Gasteiger partial charge >= 0.3 is 0 Å². The third-order valence-electron chi connectivity index (χ3n) is 4.11. The van der Waals surface area contributed by atoms with Crippen molar-refractivity contribution in [2.45, 2.75) is 12.5 Å². The molecule has 1 saturated heterocycles. The van der Waals surface area contributed by atoms with Crippen LogP contribution in [-0.4, -0.2) is 40.0 Å². The maximum atomic E-state index is 13.8. The summed E-state index contributed by atoms with van der Waals surface area (Å²) < 4.78 is 29.4. The first-order valence-corrected chi connectivity index (χ1v) is 7.48. The van der Waals surface area contributed by atoms with E-state index in [9.17, 15) is 13.6 Å². The lowest BCUT2D eigenvalue weighted by molar-refractivity contribution is -0.134. The van der Waals surface area contributed by atoms with Crippen LogP contribution in [0.25, 0.3) is 0 Å². The van der Waals surface area contributed by atoms with Gasteiger partial charge in [-0.05, 0) is 12.1 Å². The number of aromatic nitrogens is 2. The third-order valence-corrected chi connectivity index (χ3v) is 4.11. The molecule has 1 aromatic carbocycles. The molecule has 1 aliphatic heterocycles. The zero-order chi connectivity index (χ0) is 16.4. The molecular weight excluding hydrogens is 338 g/mol. The Morgan fingerprint density at radius 3 is 2.71 bits per heavy atom. The van der Waals surface area contributed by atoms with E-state index in [4.69, 9.17) is 0 Å². The second kappa shape index (κ2) is 7.72. The third kappa shape index (κ3) is 3.57. The average Bonchev–Trinajstić information content (AvgIpc) is 2.97. The Morgan fingerprint density at radius 1 is 1.38 bits per heavy atom. The second-order valence-corrected chi connectivity index (χ2v) is 5.58. The summed E-state index contributed by atoms with van der Waals surface area (Å²) >= 11 is 0. The molecule has 8 heteroatoms. The van der Waals surface area contributed by atoms with Crippen molar-refractivity contribution >= 4 is 18.3 Å². The van der Waals surface area contributed by atoms with Crippen molar-refractivity contribution in [1.29, 1.82) is 0 Å². The number of imidazole rings is 1. The highest BCUT2D eigenvalue weighted by atomic mass is 35.5. The minimum Gasteiger partial charge on any atom is -0.336 e. The second-order valence-electron chi connectivity index (χ2n) is 5.58. The topological polar surface area (TPSA) is 50.2 Å². The van der Waals surface area contributed by atoms with Crippen LogP contribution >= 0.6 is 12.4 Å². The fourth-order valence-electron chi connectivity index (χ4n) is 2.89. The zero-order valence-corrected chi connectivity index (χ0v) is 14.0. The number of carbonyl (C=O) groups is 1. The molecule has 1 aromatic heterocycles. The highest BCUT2D eigenvalue weighted by molar-refractivity contribution is 5.85. The molecule has 130 valence electrons. The summed E-state index contributed by atoms with van der Waals surface area (Å²) in [6, 6.07) is 3.38. The van der Waals surface area contributed by atoms with Gasteiger partial charge in [0.05, 0.1) is 6.42 Å². The highest BCUT2D eigenvalue weighted by Crippen LogP contribution is 2.22. The minimum absolute atomic E-state index is 0. The first kappa shape index (κ1) is 18.4. The zero-order valence-electron chi connectivity index (χ0n) is 13.2. The molecule has 1 unspecified atom stereocenters. The van der Waals surface area contributed by atoms with Gasteiger partial charge in [0.2, 0.25) is 5.91 Å². The molecular formula is C16H19ClF2N4O. The van der Waals surface area contributed by atoms with Gasteiger partial charge in [0.15, 0.2) is 0 Å². The lowest BCUT2D eigenvalue weighted by atomic mass is 10.1. The standard InChI is InChI=1S/C16H18F2N4O.ClH/c1-21-7-6-20-16(21)14-10-19-5-8-22(14)15(23)9-11-12(17)3-2-4-13(11)18;/h2-4,6-7,14,19H,5,8-10H2,1H3;1H. The van der Waals surface area contributed by atoms with E-state index >= 15 is 0 Å². The number of halogens is 3. The van der Waals surface area contributed by atoms with Crippen LogP contribution in [0.5, 0.6) is 0 Å². The fourth-order valence-corrected chi connectivity index (χ4v) is 2.89. The first-order chi connectivity index (χ1) is 11.1. The number of benzene rings is 1. The molecule has 5 nitrogen and oxygen atoms in total. The summed E-state index contributed by atoms with van der Waals surface area (Å²) in [6.07, 6.45) is 3.19. The number of hydrogen-bond donors (Lipinski definition) is 1. The van der Waals surface area contributed by atoms with Crippen molar-refractivity contribution in [3.05, 3.63) is 53.6 Å². The number of hydrogen-bond acceptors (Lipinski definition) is 3. The van der Waals surface area contributed by atoms with Gasteiger partial charge in [-0.1, -0.05) is 6.07 Å². The molecule has 1 fully saturated rings. The van der Waals surface area contributed by atoms with Crippen molar-refractivity contribution in [2.75, 3.05) is 19.6 Å². The summed E-state index contributed by atoms with van der Waals surface area (Å²) in [6.45, 7) is 1.69. The molecule has 1 N–H and O–H groups in total. The normalized spacial score (nSPS) is 17.5. The van der Waals surface area contributed by atoms with Gasteiger partial charge in [0.25, 0.3) is 0 Å². The van der Waals surface area contributed by atoms with E-state index in [2.05, 4.69) is 10.3 Å². The summed E-state index contributed by atoms with van der Waals surface area (Å²) in [7, 11) is 1.86. The van der Waals surface area contributed by atoms with Crippen molar-refractivity contribution in [2.24, 2.45) is 7.05 Å². The van der Waals surface area contributed by atoms with Crippen LogP contribution < -0.4 is 5.32 Å². The average molecular weight is 357 g/mol. The molecule has 0 radical (unpaired) electrons.